The molecule has 2 rings (SSSR count). The largest absolute Gasteiger partial charge is 0.490 e. The molecular formula is C15H22N2O2. The van der Waals surface area contributed by atoms with Crippen LogP contribution in [-0.4, -0.2) is 24.7 Å². The van der Waals surface area contributed by atoms with Crippen molar-refractivity contribution in [3.8, 4) is 5.75 Å². The van der Waals surface area contributed by atoms with Crippen molar-refractivity contribution in [1.29, 1.82) is 5.41 Å². The number of benzene rings is 1. The highest BCUT2D eigenvalue weighted by molar-refractivity contribution is 5.95. The Bertz CT molecular complexity index is 462. The van der Waals surface area contributed by atoms with E-state index < -0.39 is 0 Å². The van der Waals surface area contributed by atoms with Crippen LogP contribution in [0.15, 0.2) is 12.1 Å². The lowest BCUT2D eigenvalue weighted by Crippen LogP contribution is -2.19. The quantitative estimate of drug-likeness (QED) is 0.647. The highest BCUT2D eigenvalue weighted by Gasteiger charge is 2.22. The minimum atomic E-state index is 0.0886. The number of nitrogen functional groups attached to an aromatic ring is 1. The summed E-state index contributed by atoms with van der Waals surface area (Å²) >= 11 is 0. The molecule has 0 saturated carbocycles. The van der Waals surface area contributed by atoms with E-state index in [1.165, 1.54) is 0 Å². The van der Waals surface area contributed by atoms with Crippen LogP contribution in [0.5, 0.6) is 5.75 Å². The predicted octanol–water partition coefficient (Wildman–Crippen LogP) is 2.53. The number of nitrogens with one attached hydrogen (secondary N) is 1. The second kappa shape index (κ2) is 5.61. The van der Waals surface area contributed by atoms with Crippen molar-refractivity contribution in [3.63, 3.8) is 0 Å². The number of rotatable bonds is 4. The van der Waals surface area contributed by atoms with E-state index in [1.54, 1.807) is 0 Å². The van der Waals surface area contributed by atoms with E-state index in [2.05, 4.69) is 6.92 Å². The molecule has 1 aromatic carbocycles. The summed E-state index contributed by atoms with van der Waals surface area (Å²) in [4.78, 5) is 0. The van der Waals surface area contributed by atoms with E-state index in [0.29, 0.717) is 12.7 Å². The van der Waals surface area contributed by atoms with E-state index in [1.807, 2.05) is 26.0 Å². The van der Waals surface area contributed by atoms with Crippen molar-refractivity contribution in [2.24, 2.45) is 5.73 Å². The van der Waals surface area contributed by atoms with Crippen LogP contribution in [0.1, 0.15) is 36.5 Å². The highest BCUT2D eigenvalue weighted by Crippen LogP contribution is 2.26. The van der Waals surface area contributed by atoms with Gasteiger partial charge in [-0.05, 0) is 56.9 Å². The van der Waals surface area contributed by atoms with Crippen LogP contribution < -0.4 is 10.5 Å². The van der Waals surface area contributed by atoms with Gasteiger partial charge in [0.25, 0.3) is 0 Å². The van der Waals surface area contributed by atoms with Crippen LogP contribution in [0.2, 0.25) is 0 Å². The monoisotopic (exact) mass is 262 g/mol. The van der Waals surface area contributed by atoms with Crippen molar-refractivity contribution in [2.45, 2.75) is 45.8 Å². The van der Waals surface area contributed by atoms with Gasteiger partial charge in [-0.15, -0.1) is 0 Å². The second-order valence-electron chi connectivity index (χ2n) is 5.31. The minimum absolute atomic E-state index is 0.0886. The fourth-order valence-corrected chi connectivity index (χ4v) is 2.52. The highest BCUT2D eigenvalue weighted by atomic mass is 16.5. The van der Waals surface area contributed by atoms with E-state index in [0.717, 1.165) is 35.3 Å². The SMILES string of the molecule is Cc1cc(C(=N)N)cc(C)c1OCC1CCC(C)O1. The van der Waals surface area contributed by atoms with Gasteiger partial charge in [0.15, 0.2) is 0 Å². The van der Waals surface area contributed by atoms with Crippen molar-refractivity contribution in [3.05, 3.63) is 28.8 Å². The molecule has 104 valence electrons. The third-order valence-electron chi connectivity index (χ3n) is 3.50. The molecule has 1 heterocycles. The summed E-state index contributed by atoms with van der Waals surface area (Å²) in [5, 5.41) is 7.48. The normalized spacial score (nSPS) is 22.5. The van der Waals surface area contributed by atoms with E-state index in [-0.39, 0.29) is 11.9 Å². The van der Waals surface area contributed by atoms with Gasteiger partial charge in [-0.1, -0.05) is 0 Å². The van der Waals surface area contributed by atoms with Crippen LogP contribution in [-0.2, 0) is 4.74 Å². The van der Waals surface area contributed by atoms with Gasteiger partial charge in [0, 0.05) is 5.56 Å². The number of hydrogen-bond donors (Lipinski definition) is 2. The Hall–Kier alpha value is -1.55. The van der Waals surface area contributed by atoms with Gasteiger partial charge in [-0.3, -0.25) is 5.41 Å². The van der Waals surface area contributed by atoms with Crippen molar-refractivity contribution >= 4 is 5.84 Å². The molecule has 4 nitrogen and oxygen atoms in total. The second-order valence-corrected chi connectivity index (χ2v) is 5.31. The fourth-order valence-electron chi connectivity index (χ4n) is 2.52. The Labute approximate surface area is 114 Å². The van der Waals surface area contributed by atoms with E-state index in [9.17, 15) is 0 Å². The first-order chi connectivity index (χ1) is 8.97. The zero-order valence-corrected chi connectivity index (χ0v) is 11.8. The van der Waals surface area contributed by atoms with Gasteiger partial charge in [0.2, 0.25) is 0 Å². The Morgan fingerprint density at radius 1 is 1.37 bits per heavy atom. The van der Waals surface area contributed by atoms with E-state index in [4.69, 9.17) is 20.6 Å². The Kier molecular flexibility index (Phi) is 4.10. The first-order valence-corrected chi connectivity index (χ1v) is 6.71. The molecule has 0 aliphatic carbocycles. The molecule has 3 N–H and O–H groups in total. The molecule has 19 heavy (non-hydrogen) atoms. The third kappa shape index (κ3) is 3.26. The molecule has 0 bridgehead atoms. The first kappa shape index (κ1) is 13.9. The number of nitrogens with two attached hydrogens (primary N) is 1. The summed E-state index contributed by atoms with van der Waals surface area (Å²) in [5.41, 5.74) is 8.28. The maximum atomic E-state index is 7.48. The molecule has 2 atom stereocenters. The van der Waals surface area contributed by atoms with Crippen molar-refractivity contribution in [2.75, 3.05) is 6.61 Å². The topological polar surface area (TPSA) is 68.3 Å². The lowest BCUT2D eigenvalue weighted by molar-refractivity contribution is 0.0262. The lowest BCUT2D eigenvalue weighted by atomic mass is 10.1. The molecule has 0 radical (unpaired) electrons. The fraction of sp³-hybridized carbons (Fsp3) is 0.533. The maximum absolute atomic E-state index is 7.48. The molecule has 1 saturated heterocycles. The van der Waals surface area contributed by atoms with Crippen LogP contribution in [0.25, 0.3) is 0 Å². The first-order valence-electron chi connectivity index (χ1n) is 6.71. The van der Waals surface area contributed by atoms with Crippen LogP contribution >= 0.6 is 0 Å². The molecule has 0 amide bonds. The third-order valence-corrected chi connectivity index (χ3v) is 3.50. The average Bonchev–Trinajstić information content (AvgIpc) is 2.73. The molecule has 1 fully saturated rings. The standard InChI is InChI=1S/C15H22N2O2/c1-9-6-12(15(16)17)7-10(2)14(9)18-8-13-5-4-11(3)19-13/h6-7,11,13H,4-5,8H2,1-3H3,(H3,16,17). The molecular weight excluding hydrogens is 240 g/mol. The molecule has 0 spiro atoms. The lowest BCUT2D eigenvalue weighted by Gasteiger charge is -2.17. The van der Waals surface area contributed by atoms with Crippen molar-refractivity contribution < 1.29 is 9.47 Å². The zero-order chi connectivity index (χ0) is 14.0. The predicted molar refractivity (Wildman–Crippen MR) is 76.0 cm³/mol. The average molecular weight is 262 g/mol. The van der Waals surface area contributed by atoms with Crippen LogP contribution in [0.3, 0.4) is 0 Å². The molecule has 4 heteroatoms. The Morgan fingerprint density at radius 3 is 2.47 bits per heavy atom. The number of ether oxygens (including phenoxy) is 2. The zero-order valence-electron chi connectivity index (χ0n) is 11.8. The van der Waals surface area contributed by atoms with Crippen molar-refractivity contribution in [1.82, 2.24) is 0 Å². The molecule has 1 aliphatic heterocycles. The van der Waals surface area contributed by atoms with Gasteiger partial charge in [0.1, 0.15) is 18.2 Å². The molecule has 1 aromatic rings. The number of hydrogen-bond acceptors (Lipinski definition) is 3. The Balaban J connectivity index is 2.06. The van der Waals surface area contributed by atoms with Gasteiger partial charge < -0.3 is 15.2 Å². The molecule has 1 aliphatic rings. The summed E-state index contributed by atoms with van der Waals surface area (Å²) in [7, 11) is 0. The smallest absolute Gasteiger partial charge is 0.125 e. The minimum Gasteiger partial charge on any atom is -0.490 e. The summed E-state index contributed by atoms with van der Waals surface area (Å²) in [5.74, 6) is 0.971. The van der Waals surface area contributed by atoms with Gasteiger partial charge in [0.05, 0.1) is 12.2 Å². The van der Waals surface area contributed by atoms with Gasteiger partial charge >= 0.3 is 0 Å². The number of amidine groups is 1. The van der Waals surface area contributed by atoms with Crippen LogP contribution in [0, 0.1) is 19.3 Å². The molecule has 0 aromatic heterocycles. The maximum Gasteiger partial charge on any atom is 0.125 e. The van der Waals surface area contributed by atoms with Crippen LogP contribution in [0.4, 0.5) is 0 Å². The summed E-state index contributed by atoms with van der Waals surface area (Å²) < 4.78 is 11.6. The van der Waals surface area contributed by atoms with Gasteiger partial charge in [-0.25, -0.2) is 0 Å². The summed E-state index contributed by atoms with van der Waals surface area (Å²) in [6.45, 7) is 6.64. The Morgan fingerprint density at radius 2 is 2.00 bits per heavy atom. The summed E-state index contributed by atoms with van der Waals surface area (Å²) in [6, 6.07) is 3.78. The van der Waals surface area contributed by atoms with Gasteiger partial charge in [-0.2, -0.15) is 0 Å². The number of aryl methyl sites for hydroxylation is 2. The summed E-state index contributed by atoms with van der Waals surface area (Å²) in [6.07, 6.45) is 2.71. The molecule has 2 unspecified atom stereocenters. The van der Waals surface area contributed by atoms with E-state index >= 15 is 0 Å².